The summed E-state index contributed by atoms with van der Waals surface area (Å²) in [6.07, 6.45) is 18.5. The predicted molar refractivity (Wildman–Crippen MR) is 156 cm³/mol. The molecule has 0 radical (unpaired) electrons. The van der Waals surface area contributed by atoms with Gasteiger partial charge in [0.1, 0.15) is 0 Å². The van der Waals surface area contributed by atoms with Crippen LogP contribution in [0.15, 0.2) is 18.2 Å². The lowest BCUT2D eigenvalue weighted by molar-refractivity contribution is 0.0819. The third-order valence-corrected chi connectivity index (χ3v) is 10.1. The van der Waals surface area contributed by atoms with Crippen LogP contribution in [0.3, 0.4) is 0 Å². The Morgan fingerprint density at radius 2 is 1.53 bits per heavy atom. The highest BCUT2D eigenvalue weighted by molar-refractivity contribution is 5.85. The number of piperidine rings is 1. The molecule has 2 saturated carbocycles. The first-order valence-corrected chi connectivity index (χ1v) is 15.1. The Labute approximate surface area is 227 Å². The summed E-state index contributed by atoms with van der Waals surface area (Å²) in [7, 11) is 1.87. The van der Waals surface area contributed by atoms with Gasteiger partial charge >= 0.3 is 0 Å². The molecular weight excluding hydrogens is 466 g/mol. The average molecular weight is 518 g/mol. The normalized spacial score (nSPS) is 23.8. The van der Waals surface area contributed by atoms with Gasteiger partial charge < -0.3 is 14.5 Å². The summed E-state index contributed by atoms with van der Waals surface area (Å²) in [4.78, 5) is 8.05. The van der Waals surface area contributed by atoms with Gasteiger partial charge in [-0.3, -0.25) is 4.90 Å². The Balaban J connectivity index is 0.00000304. The van der Waals surface area contributed by atoms with Crippen molar-refractivity contribution in [1.82, 2.24) is 4.90 Å². The fourth-order valence-electron chi connectivity index (χ4n) is 7.67. The molecule has 2 aliphatic carbocycles. The Morgan fingerprint density at radius 3 is 2.17 bits per heavy atom. The van der Waals surface area contributed by atoms with Crippen LogP contribution in [0, 0.1) is 5.41 Å². The van der Waals surface area contributed by atoms with Gasteiger partial charge in [0.15, 0.2) is 0 Å². The van der Waals surface area contributed by atoms with Crippen molar-refractivity contribution in [2.75, 3.05) is 62.7 Å². The average Bonchev–Trinajstić information content (AvgIpc) is 3.37. The lowest BCUT2D eigenvalue weighted by atomic mass is 9.68. The van der Waals surface area contributed by atoms with Gasteiger partial charge in [0.2, 0.25) is 0 Å². The van der Waals surface area contributed by atoms with Crippen LogP contribution < -0.4 is 9.80 Å². The summed E-state index contributed by atoms with van der Waals surface area (Å²) in [5, 5.41) is 0. The number of piperazine rings is 1. The third kappa shape index (κ3) is 6.53. The largest absolute Gasteiger partial charge is 0.381 e. The molecule has 1 aromatic rings. The van der Waals surface area contributed by atoms with Crippen molar-refractivity contribution in [3.05, 3.63) is 23.8 Å². The number of hydrogen-bond acceptors (Lipinski definition) is 4. The smallest absolute Gasteiger partial charge is 0.0605 e. The Morgan fingerprint density at radius 1 is 0.833 bits per heavy atom. The van der Waals surface area contributed by atoms with Crippen molar-refractivity contribution in [3.8, 4) is 0 Å². The first-order chi connectivity index (χ1) is 17.2. The second-order valence-electron chi connectivity index (χ2n) is 12.2. The zero-order valence-corrected chi connectivity index (χ0v) is 24.0. The predicted octanol–water partition coefficient (Wildman–Crippen LogP) is 7.25. The van der Waals surface area contributed by atoms with Crippen molar-refractivity contribution in [2.24, 2.45) is 5.41 Å². The summed E-state index contributed by atoms with van der Waals surface area (Å²) >= 11 is 0. The van der Waals surface area contributed by atoms with Crippen molar-refractivity contribution in [1.29, 1.82) is 0 Å². The fraction of sp³-hybridized carbons (Fsp3) is 0.806. The van der Waals surface area contributed by atoms with Crippen LogP contribution in [-0.2, 0) is 4.74 Å². The van der Waals surface area contributed by atoms with E-state index in [-0.39, 0.29) is 12.4 Å². The Hall–Kier alpha value is -0.970. The molecule has 4 aliphatic rings. The quantitative estimate of drug-likeness (QED) is 0.338. The molecule has 5 rings (SSSR count). The van der Waals surface area contributed by atoms with Crippen LogP contribution in [0.2, 0.25) is 0 Å². The first kappa shape index (κ1) is 28.0. The van der Waals surface area contributed by atoms with Gasteiger partial charge in [-0.2, -0.15) is 0 Å². The van der Waals surface area contributed by atoms with Crippen LogP contribution in [0.25, 0.3) is 0 Å². The van der Waals surface area contributed by atoms with E-state index >= 15 is 0 Å². The number of halogens is 1. The number of benzene rings is 1. The maximum absolute atomic E-state index is 5.64. The minimum atomic E-state index is 0. The molecule has 4 fully saturated rings. The molecule has 0 aromatic heterocycles. The molecular formula is C31H52ClN3O. The minimum absolute atomic E-state index is 0. The van der Waals surface area contributed by atoms with Gasteiger partial charge in [-0.25, -0.2) is 0 Å². The highest BCUT2D eigenvalue weighted by Crippen LogP contribution is 2.53. The van der Waals surface area contributed by atoms with Crippen molar-refractivity contribution in [2.45, 2.75) is 102 Å². The van der Waals surface area contributed by atoms with Gasteiger partial charge in [0.05, 0.1) is 6.10 Å². The molecule has 0 atom stereocenters. The summed E-state index contributed by atoms with van der Waals surface area (Å²) in [5.41, 5.74) is 5.39. The molecule has 1 spiro atoms. The molecule has 2 saturated heterocycles. The number of anilines is 2. The van der Waals surface area contributed by atoms with E-state index in [0.717, 1.165) is 31.8 Å². The molecule has 4 nitrogen and oxygen atoms in total. The highest BCUT2D eigenvalue weighted by Gasteiger charge is 2.38. The van der Waals surface area contributed by atoms with Gasteiger partial charge in [-0.05, 0) is 99.4 Å². The van der Waals surface area contributed by atoms with Gasteiger partial charge in [0.25, 0.3) is 0 Å². The molecule has 0 N–H and O–H groups in total. The number of methoxy groups -OCH3 is 1. The molecule has 0 amide bonds. The third-order valence-electron chi connectivity index (χ3n) is 10.1. The lowest BCUT2D eigenvalue weighted by Crippen LogP contribution is -2.47. The van der Waals surface area contributed by atoms with Crippen LogP contribution in [0.4, 0.5) is 11.4 Å². The topological polar surface area (TPSA) is 19.0 Å². The lowest BCUT2D eigenvalue weighted by Gasteiger charge is -2.41. The molecule has 0 bridgehead atoms. The molecule has 2 aliphatic heterocycles. The van der Waals surface area contributed by atoms with E-state index in [1.165, 1.54) is 109 Å². The monoisotopic (exact) mass is 517 g/mol. The molecule has 1 aromatic carbocycles. The number of rotatable bonds is 8. The van der Waals surface area contributed by atoms with E-state index in [4.69, 9.17) is 4.74 Å². The maximum atomic E-state index is 5.64. The molecule has 204 valence electrons. The summed E-state index contributed by atoms with van der Waals surface area (Å²) in [6.45, 7) is 10.7. The van der Waals surface area contributed by atoms with Crippen LogP contribution >= 0.6 is 12.4 Å². The van der Waals surface area contributed by atoms with Gasteiger partial charge in [-0.15, -0.1) is 12.4 Å². The highest BCUT2D eigenvalue weighted by atomic mass is 35.5. The Kier molecular flexibility index (Phi) is 10.3. The summed E-state index contributed by atoms with van der Waals surface area (Å²) in [6, 6.07) is 7.55. The number of ether oxygens (including phenoxy) is 1. The van der Waals surface area contributed by atoms with E-state index in [9.17, 15) is 0 Å². The van der Waals surface area contributed by atoms with E-state index < -0.39 is 0 Å². The zero-order valence-electron chi connectivity index (χ0n) is 23.2. The first-order valence-electron chi connectivity index (χ1n) is 15.1. The van der Waals surface area contributed by atoms with E-state index in [1.807, 2.05) is 7.11 Å². The second kappa shape index (κ2) is 13.2. The van der Waals surface area contributed by atoms with E-state index in [2.05, 4.69) is 39.8 Å². The summed E-state index contributed by atoms with van der Waals surface area (Å²) in [5.74, 6) is 0.746. The SMILES string of the molecule is CCCCCN1CCN(c2ccc(N3CCC(OC)CC3)cc2C2CCC3(CCCC3)CC2)CC1.Cl. The molecule has 2 heterocycles. The maximum Gasteiger partial charge on any atom is 0.0605 e. The van der Waals surface area contributed by atoms with Gasteiger partial charge in [0, 0.05) is 57.8 Å². The molecule has 5 heteroatoms. The van der Waals surface area contributed by atoms with Crippen molar-refractivity contribution in [3.63, 3.8) is 0 Å². The van der Waals surface area contributed by atoms with E-state index in [1.54, 1.807) is 11.3 Å². The number of hydrogen-bond donors (Lipinski definition) is 0. The molecule has 36 heavy (non-hydrogen) atoms. The van der Waals surface area contributed by atoms with Gasteiger partial charge in [-0.1, -0.05) is 32.6 Å². The fourth-order valence-corrected chi connectivity index (χ4v) is 7.67. The second-order valence-corrected chi connectivity index (χ2v) is 12.2. The molecule has 0 unspecified atom stereocenters. The minimum Gasteiger partial charge on any atom is -0.381 e. The Bertz CT molecular complexity index is 785. The zero-order chi connectivity index (χ0) is 24.1. The van der Waals surface area contributed by atoms with E-state index in [0.29, 0.717) is 11.5 Å². The number of unbranched alkanes of at least 4 members (excludes halogenated alkanes) is 2. The standard InChI is InChI=1S/C31H51N3O.ClH/c1-3-4-7-18-32-21-23-34(24-22-32)30-9-8-27(33-19-12-28(35-2)13-20-33)25-29(30)26-10-16-31(17-11-26)14-5-6-15-31;/h8-9,25-26,28H,3-7,10-24H2,1-2H3;1H. The number of nitrogens with zero attached hydrogens (tertiary/aromatic N) is 3. The van der Waals surface area contributed by atoms with Crippen LogP contribution in [-0.4, -0.2) is 63.9 Å². The van der Waals surface area contributed by atoms with Crippen LogP contribution in [0.1, 0.15) is 102 Å². The van der Waals surface area contributed by atoms with Crippen molar-refractivity contribution < 1.29 is 4.74 Å². The summed E-state index contributed by atoms with van der Waals surface area (Å²) < 4.78 is 5.64. The van der Waals surface area contributed by atoms with Crippen LogP contribution in [0.5, 0.6) is 0 Å². The van der Waals surface area contributed by atoms with Crippen molar-refractivity contribution >= 4 is 23.8 Å².